The van der Waals surface area contributed by atoms with Crippen molar-refractivity contribution in [1.29, 1.82) is 0 Å². The molecule has 116 valence electrons. The monoisotopic (exact) mass is 289 g/mol. The van der Waals surface area contributed by atoms with Gasteiger partial charge in [0.2, 0.25) is 5.91 Å². The van der Waals surface area contributed by atoms with Crippen LogP contribution in [-0.2, 0) is 11.3 Å². The van der Waals surface area contributed by atoms with Gasteiger partial charge in [0, 0.05) is 37.4 Å². The highest BCUT2D eigenvalue weighted by Crippen LogP contribution is 2.14. The third-order valence-corrected chi connectivity index (χ3v) is 4.69. The van der Waals surface area contributed by atoms with Crippen LogP contribution in [0.2, 0.25) is 0 Å². The molecule has 0 spiro atoms. The summed E-state index contributed by atoms with van der Waals surface area (Å²) in [6.45, 7) is 11.3. The maximum absolute atomic E-state index is 12.4. The molecule has 1 N–H and O–H groups in total. The number of carbonyl (C=O) groups excluding carboxylic acids is 1. The quantitative estimate of drug-likeness (QED) is 0.876. The summed E-state index contributed by atoms with van der Waals surface area (Å²) in [6, 6.07) is 8.84. The predicted octanol–water partition coefficient (Wildman–Crippen LogP) is 1.66. The molecule has 0 aliphatic carbocycles. The van der Waals surface area contributed by atoms with Crippen molar-refractivity contribution in [3.63, 3.8) is 0 Å². The molecule has 0 aromatic heterocycles. The Kier molecular flexibility index (Phi) is 5.80. The molecular weight excluding hydrogens is 260 g/mol. The third-order valence-electron chi connectivity index (χ3n) is 4.69. The van der Waals surface area contributed by atoms with E-state index in [0.29, 0.717) is 5.91 Å². The summed E-state index contributed by atoms with van der Waals surface area (Å²) in [5, 5.41) is 0. The van der Waals surface area contributed by atoms with Gasteiger partial charge < -0.3 is 9.80 Å². The Labute approximate surface area is 128 Å². The van der Waals surface area contributed by atoms with Crippen LogP contribution in [-0.4, -0.2) is 37.0 Å². The van der Waals surface area contributed by atoms with Crippen LogP contribution in [0.15, 0.2) is 24.3 Å². The fourth-order valence-corrected chi connectivity index (χ4v) is 3.24. The van der Waals surface area contributed by atoms with Gasteiger partial charge in [-0.25, -0.2) is 0 Å². The van der Waals surface area contributed by atoms with Crippen LogP contribution in [0.4, 0.5) is 0 Å². The Balaban J connectivity index is 1.83. The summed E-state index contributed by atoms with van der Waals surface area (Å²) in [6.07, 6.45) is 2.08. The lowest BCUT2D eigenvalue weighted by Gasteiger charge is -2.31. The van der Waals surface area contributed by atoms with E-state index in [1.165, 1.54) is 11.1 Å². The molecular formula is C18H29N2O+. The molecule has 0 radical (unpaired) electrons. The van der Waals surface area contributed by atoms with Crippen molar-refractivity contribution in [3.05, 3.63) is 35.4 Å². The molecule has 21 heavy (non-hydrogen) atoms. The van der Waals surface area contributed by atoms with Crippen molar-refractivity contribution in [2.45, 2.75) is 40.2 Å². The molecule has 0 saturated carbocycles. The minimum atomic E-state index is 0.256. The minimum Gasteiger partial charge on any atom is -0.343 e. The number of amides is 1. The zero-order chi connectivity index (χ0) is 15.2. The maximum atomic E-state index is 12.4. The lowest BCUT2D eigenvalue weighted by molar-refractivity contribution is -0.919. The standard InChI is InChI=1S/C18H28N2O/c1-4-20(5-2)18(21)17-10-12-19(13-11-17)14-16-8-6-15(3)7-9-16/h6-9,17H,4-5,10-14H2,1-3H3/p+1. The molecule has 1 aliphatic rings. The maximum Gasteiger partial charge on any atom is 0.226 e. The first kappa shape index (κ1) is 16.0. The molecule has 1 heterocycles. The van der Waals surface area contributed by atoms with Crippen LogP contribution < -0.4 is 4.90 Å². The highest BCUT2D eigenvalue weighted by atomic mass is 16.2. The van der Waals surface area contributed by atoms with Crippen LogP contribution in [0.3, 0.4) is 0 Å². The van der Waals surface area contributed by atoms with Gasteiger partial charge in [0.25, 0.3) is 0 Å². The summed E-state index contributed by atoms with van der Waals surface area (Å²) >= 11 is 0. The number of nitrogens with one attached hydrogen (secondary N) is 1. The number of hydrogen-bond donors (Lipinski definition) is 1. The number of benzene rings is 1. The van der Waals surface area contributed by atoms with Crippen molar-refractivity contribution in [1.82, 2.24) is 4.90 Å². The average molecular weight is 289 g/mol. The van der Waals surface area contributed by atoms with E-state index in [9.17, 15) is 4.79 Å². The fraction of sp³-hybridized carbons (Fsp3) is 0.611. The SMILES string of the molecule is CCN(CC)C(=O)C1CC[NH+](Cc2ccc(C)cc2)CC1. The number of hydrogen-bond acceptors (Lipinski definition) is 1. The second kappa shape index (κ2) is 7.60. The van der Waals surface area contributed by atoms with Gasteiger partial charge in [0.15, 0.2) is 0 Å². The molecule has 3 nitrogen and oxygen atoms in total. The average Bonchev–Trinajstić information content (AvgIpc) is 2.51. The van der Waals surface area contributed by atoms with Gasteiger partial charge in [0.05, 0.1) is 13.1 Å². The predicted molar refractivity (Wildman–Crippen MR) is 86.2 cm³/mol. The smallest absolute Gasteiger partial charge is 0.226 e. The Hall–Kier alpha value is -1.35. The third kappa shape index (κ3) is 4.31. The van der Waals surface area contributed by atoms with E-state index in [1.807, 2.05) is 4.90 Å². The van der Waals surface area contributed by atoms with Gasteiger partial charge in [0.1, 0.15) is 6.54 Å². The van der Waals surface area contributed by atoms with Gasteiger partial charge in [-0.05, 0) is 20.8 Å². The highest BCUT2D eigenvalue weighted by Gasteiger charge is 2.29. The summed E-state index contributed by atoms with van der Waals surface area (Å²) in [5.41, 5.74) is 2.72. The summed E-state index contributed by atoms with van der Waals surface area (Å²) in [5.74, 6) is 0.626. The first-order valence-corrected chi connectivity index (χ1v) is 8.32. The molecule has 1 aromatic carbocycles. The molecule has 2 rings (SSSR count). The van der Waals surface area contributed by atoms with E-state index in [1.54, 1.807) is 4.90 Å². The number of aryl methyl sites for hydroxylation is 1. The number of rotatable bonds is 5. The number of likely N-dealkylation sites (tertiary alicyclic amines) is 1. The first-order valence-electron chi connectivity index (χ1n) is 8.32. The van der Waals surface area contributed by atoms with Crippen LogP contribution in [0.1, 0.15) is 37.8 Å². The van der Waals surface area contributed by atoms with Crippen molar-refractivity contribution in [2.75, 3.05) is 26.2 Å². The van der Waals surface area contributed by atoms with Crippen LogP contribution in [0, 0.1) is 12.8 Å². The molecule has 1 saturated heterocycles. The van der Waals surface area contributed by atoms with E-state index in [0.717, 1.165) is 45.6 Å². The van der Waals surface area contributed by atoms with Gasteiger partial charge >= 0.3 is 0 Å². The van der Waals surface area contributed by atoms with Crippen molar-refractivity contribution >= 4 is 5.91 Å². The minimum absolute atomic E-state index is 0.256. The molecule has 1 aromatic rings. The molecule has 1 amide bonds. The lowest BCUT2D eigenvalue weighted by atomic mass is 9.95. The fourth-order valence-electron chi connectivity index (χ4n) is 3.24. The number of quaternary nitrogens is 1. The topological polar surface area (TPSA) is 24.8 Å². The van der Waals surface area contributed by atoms with E-state index < -0.39 is 0 Å². The van der Waals surface area contributed by atoms with Crippen molar-refractivity contribution in [2.24, 2.45) is 5.92 Å². The van der Waals surface area contributed by atoms with E-state index in [-0.39, 0.29) is 5.92 Å². The Morgan fingerprint density at radius 3 is 2.24 bits per heavy atom. The van der Waals surface area contributed by atoms with E-state index in [4.69, 9.17) is 0 Å². The van der Waals surface area contributed by atoms with Crippen molar-refractivity contribution in [3.8, 4) is 0 Å². The second-order valence-electron chi connectivity index (χ2n) is 6.20. The molecule has 1 fully saturated rings. The summed E-state index contributed by atoms with van der Waals surface area (Å²) in [7, 11) is 0. The van der Waals surface area contributed by atoms with Crippen LogP contribution in [0.5, 0.6) is 0 Å². The lowest BCUT2D eigenvalue weighted by Crippen LogP contribution is -3.11. The molecule has 1 aliphatic heterocycles. The molecule has 0 unspecified atom stereocenters. The van der Waals surface area contributed by atoms with E-state index in [2.05, 4.69) is 45.0 Å². The zero-order valence-electron chi connectivity index (χ0n) is 13.7. The largest absolute Gasteiger partial charge is 0.343 e. The highest BCUT2D eigenvalue weighted by molar-refractivity contribution is 5.78. The van der Waals surface area contributed by atoms with Gasteiger partial charge in [-0.3, -0.25) is 4.79 Å². The normalized spacial score (nSPS) is 22.0. The number of nitrogens with zero attached hydrogens (tertiary/aromatic N) is 1. The molecule has 0 atom stereocenters. The zero-order valence-corrected chi connectivity index (χ0v) is 13.7. The van der Waals surface area contributed by atoms with Crippen LogP contribution in [0.25, 0.3) is 0 Å². The Bertz CT molecular complexity index is 443. The number of piperidine rings is 1. The van der Waals surface area contributed by atoms with E-state index >= 15 is 0 Å². The number of carbonyl (C=O) groups is 1. The van der Waals surface area contributed by atoms with Gasteiger partial charge in [-0.2, -0.15) is 0 Å². The molecule has 3 heteroatoms. The first-order chi connectivity index (χ1) is 10.1. The van der Waals surface area contributed by atoms with Crippen molar-refractivity contribution < 1.29 is 9.69 Å². The van der Waals surface area contributed by atoms with Gasteiger partial charge in [-0.1, -0.05) is 29.8 Å². The Morgan fingerprint density at radius 2 is 1.71 bits per heavy atom. The summed E-state index contributed by atoms with van der Waals surface area (Å²) in [4.78, 5) is 16.0. The van der Waals surface area contributed by atoms with Crippen LogP contribution >= 0.6 is 0 Å². The van der Waals surface area contributed by atoms with Gasteiger partial charge in [-0.15, -0.1) is 0 Å². The molecule has 0 bridgehead atoms. The summed E-state index contributed by atoms with van der Waals surface area (Å²) < 4.78 is 0. The second-order valence-corrected chi connectivity index (χ2v) is 6.20. The Morgan fingerprint density at radius 1 is 1.14 bits per heavy atom.